The second-order valence-corrected chi connectivity index (χ2v) is 8.30. The molecule has 2 heterocycles. The average molecular weight is 444 g/mol. The molecule has 0 radical (unpaired) electrons. The maximum absolute atomic E-state index is 12.9. The van der Waals surface area contributed by atoms with E-state index >= 15 is 0 Å². The second kappa shape index (κ2) is 9.84. The second-order valence-electron chi connectivity index (χ2n) is 8.30. The van der Waals surface area contributed by atoms with Gasteiger partial charge in [0, 0.05) is 24.4 Å². The lowest BCUT2D eigenvalue weighted by Gasteiger charge is -2.37. The summed E-state index contributed by atoms with van der Waals surface area (Å²) in [6.45, 7) is 7.64. The van der Waals surface area contributed by atoms with Gasteiger partial charge in [-0.25, -0.2) is 9.59 Å². The fourth-order valence-electron chi connectivity index (χ4n) is 3.45. The Hall–Kier alpha value is -3.36. The minimum absolute atomic E-state index is 0.180. The molecule has 1 aromatic carbocycles. The van der Waals surface area contributed by atoms with Gasteiger partial charge in [0.2, 0.25) is 0 Å². The van der Waals surface area contributed by atoms with E-state index in [-0.39, 0.29) is 26.2 Å². The van der Waals surface area contributed by atoms with Crippen LogP contribution >= 0.6 is 0 Å². The monoisotopic (exact) mass is 443 g/mol. The van der Waals surface area contributed by atoms with Gasteiger partial charge in [-0.3, -0.25) is 14.9 Å². The van der Waals surface area contributed by atoms with Gasteiger partial charge >= 0.3 is 12.1 Å². The quantitative estimate of drug-likeness (QED) is 0.627. The lowest BCUT2D eigenvalue weighted by Crippen LogP contribution is -2.50. The van der Waals surface area contributed by atoms with Crippen molar-refractivity contribution in [2.24, 2.45) is 0 Å². The third-order valence-corrected chi connectivity index (χ3v) is 4.82. The summed E-state index contributed by atoms with van der Waals surface area (Å²) in [5.74, 6) is 0.543. The van der Waals surface area contributed by atoms with Crippen LogP contribution in [0, 0.1) is 0 Å². The number of amides is 1. The zero-order valence-electron chi connectivity index (χ0n) is 19.1. The maximum Gasteiger partial charge on any atom is 0.411 e. The standard InChI is InChI=1S/C23H29N3O6/c1-6-30-21(27)18-11-17-15(13-26(18)22(28)32-23(2,3)4)7-8-19(29-5)20(17)31-14-16-12-24-9-10-25-16/h7-10,12,18H,6,11,13-14H2,1-5H3/t18-/m0/s1. The number of rotatable bonds is 6. The van der Waals surface area contributed by atoms with Crippen molar-refractivity contribution in [1.82, 2.24) is 14.9 Å². The van der Waals surface area contributed by atoms with Gasteiger partial charge in [-0.05, 0) is 39.3 Å². The van der Waals surface area contributed by atoms with Crippen molar-refractivity contribution >= 4 is 12.1 Å². The predicted molar refractivity (Wildman–Crippen MR) is 115 cm³/mol. The molecule has 1 aliphatic heterocycles. The fourth-order valence-corrected chi connectivity index (χ4v) is 3.45. The fraction of sp³-hybridized carbons (Fsp3) is 0.478. The number of methoxy groups -OCH3 is 1. The third-order valence-electron chi connectivity index (χ3n) is 4.82. The first-order valence-electron chi connectivity index (χ1n) is 10.5. The molecule has 172 valence electrons. The summed E-state index contributed by atoms with van der Waals surface area (Å²) in [6.07, 6.45) is 4.43. The summed E-state index contributed by atoms with van der Waals surface area (Å²) in [6, 6.07) is 2.80. The first-order chi connectivity index (χ1) is 15.2. The largest absolute Gasteiger partial charge is 0.493 e. The molecule has 9 nitrogen and oxygen atoms in total. The number of esters is 1. The van der Waals surface area contributed by atoms with E-state index in [0.29, 0.717) is 17.2 Å². The highest BCUT2D eigenvalue weighted by molar-refractivity contribution is 5.83. The topological polar surface area (TPSA) is 100 Å². The SMILES string of the molecule is CCOC(=O)[C@@H]1Cc2c(ccc(OC)c2OCc2cnccn2)CN1C(=O)OC(C)(C)C. The van der Waals surface area contributed by atoms with Gasteiger partial charge < -0.3 is 18.9 Å². The summed E-state index contributed by atoms with van der Waals surface area (Å²) in [5.41, 5.74) is 1.58. The van der Waals surface area contributed by atoms with E-state index in [1.165, 1.54) is 4.90 Å². The van der Waals surface area contributed by atoms with E-state index in [9.17, 15) is 9.59 Å². The molecule has 0 fully saturated rings. The Kier molecular flexibility index (Phi) is 7.17. The average Bonchev–Trinajstić information content (AvgIpc) is 2.76. The van der Waals surface area contributed by atoms with Gasteiger partial charge in [0.1, 0.15) is 18.2 Å². The predicted octanol–water partition coefficient (Wildman–Crippen LogP) is 3.29. The van der Waals surface area contributed by atoms with E-state index in [2.05, 4.69) is 9.97 Å². The van der Waals surface area contributed by atoms with Crippen LogP contribution in [-0.2, 0) is 33.8 Å². The van der Waals surface area contributed by atoms with Crippen molar-refractivity contribution < 1.29 is 28.5 Å². The highest BCUT2D eigenvalue weighted by Gasteiger charge is 2.39. The van der Waals surface area contributed by atoms with Crippen LogP contribution in [-0.4, -0.2) is 52.3 Å². The number of aromatic nitrogens is 2. The Labute approximate surface area is 187 Å². The molecule has 3 rings (SSSR count). The van der Waals surface area contributed by atoms with Gasteiger partial charge in [-0.2, -0.15) is 0 Å². The van der Waals surface area contributed by atoms with Crippen LogP contribution in [0.3, 0.4) is 0 Å². The van der Waals surface area contributed by atoms with E-state index in [1.807, 2.05) is 6.07 Å². The number of carbonyl (C=O) groups is 2. The van der Waals surface area contributed by atoms with Gasteiger partial charge in [0.15, 0.2) is 11.5 Å². The Morgan fingerprint density at radius 1 is 1.22 bits per heavy atom. The Morgan fingerprint density at radius 2 is 2.00 bits per heavy atom. The van der Waals surface area contributed by atoms with E-state index in [0.717, 1.165) is 11.1 Å². The minimum Gasteiger partial charge on any atom is -0.493 e. The lowest BCUT2D eigenvalue weighted by atomic mass is 9.92. The van der Waals surface area contributed by atoms with Crippen LogP contribution in [0.25, 0.3) is 0 Å². The zero-order valence-corrected chi connectivity index (χ0v) is 19.1. The molecule has 0 bridgehead atoms. The molecule has 1 aliphatic rings. The summed E-state index contributed by atoms with van der Waals surface area (Å²) in [4.78, 5) is 35.3. The number of ether oxygens (including phenoxy) is 4. The van der Waals surface area contributed by atoms with Crippen LogP contribution in [0.5, 0.6) is 11.5 Å². The first-order valence-corrected chi connectivity index (χ1v) is 10.5. The molecule has 9 heteroatoms. The molecule has 0 aliphatic carbocycles. The Bertz CT molecular complexity index is 958. The van der Waals surface area contributed by atoms with Crippen molar-refractivity contribution in [3.8, 4) is 11.5 Å². The molecule has 1 amide bonds. The highest BCUT2D eigenvalue weighted by atomic mass is 16.6. The van der Waals surface area contributed by atoms with Crippen molar-refractivity contribution in [3.05, 3.63) is 47.5 Å². The number of hydrogen-bond donors (Lipinski definition) is 0. The zero-order chi connectivity index (χ0) is 23.3. The summed E-state index contributed by atoms with van der Waals surface area (Å²) in [5, 5.41) is 0. The van der Waals surface area contributed by atoms with Gasteiger partial charge in [0.05, 0.1) is 32.2 Å². The minimum atomic E-state index is -0.844. The summed E-state index contributed by atoms with van der Waals surface area (Å²) in [7, 11) is 1.55. The maximum atomic E-state index is 12.9. The van der Waals surface area contributed by atoms with Crippen molar-refractivity contribution in [1.29, 1.82) is 0 Å². The van der Waals surface area contributed by atoms with Crippen LogP contribution in [0.15, 0.2) is 30.7 Å². The van der Waals surface area contributed by atoms with E-state index in [4.69, 9.17) is 18.9 Å². The number of nitrogens with zero attached hydrogens (tertiary/aromatic N) is 3. The Balaban J connectivity index is 1.95. The van der Waals surface area contributed by atoms with Crippen LogP contribution in [0.4, 0.5) is 4.79 Å². The van der Waals surface area contributed by atoms with Gasteiger partial charge in [0.25, 0.3) is 0 Å². The first kappa shape index (κ1) is 23.3. The summed E-state index contributed by atoms with van der Waals surface area (Å²) < 4.78 is 22.4. The molecule has 0 saturated carbocycles. The van der Waals surface area contributed by atoms with Crippen LogP contribution in [0.1, 0.15) is 44.5 Å². The van der Waals surface area contributed by atoms with E-state index < -0.39 is 23.7 Å². The van der Waals surface area contributed by atoms with Crippen molar-refractivity contribution in [2.75, 3.05) is 13.7 Å². The molecule has 1 atom stereocenters. The smallest absolute Gasteiger partial charge is 0.411 e. The molecule has 0 N–H and O–H groups in total. The number of hydrogen-bond acceptors (Lipinski definition) is 8. The lowest BCUT2D eigenvalue weighted by molar-refractivity contribution is -0.150. The molecule has 1 aromatic heterocycles. The molecular formula is C23H29N3O6. The molecule has 0 spiro atoms. The van der Waals surface area contributed by atoms with Gasteiger partial charge in [-0.1, -0.05) is 6.07 Å². The van der Waals surface area contributed by atoms with Crippen LogP contribution < -0.4 is 9.47 Å². The Morgan fingerprint density at radius 3 is 2.62 bits per heavy atom. The molecule has 0 saturated heterocycles. The molecule has 32 heavy (non-hydrogen) atoms. The van der Waals surface area contributed by atoms with Crippen molar-refractivity contribution in [2.45, 2.75) is 58.9 Å². The highest BCUT2D eigenvalue weighted by Crippen LogP contribution is 2.39. The number of benzene rings is 1. The van der Waals surface area contributed by atoms with Crippen molar-refractivity contribution in [3.63, 3.8) is 0 Å². The molecular weight excluding hydrogens is 414 g/mol. The van der Waals surface area contributed by atoms with Crippen LogP contribution in [0.2, 0.25) is 0 Å². The van der Waals surface area contributed by atoms with Gasteiger partial charge in [-0.15, -0.1) is 0 Å². The number of carbonyl (C=O) groups excluding carboxylic acids is 2. The van der Waals surface area contributed by atoms with E-state index in [1.54, 1.807) is 59.5 Å². The normalized spacial score (nSPS) is 15.5. The number of fused-ring (bicyclic) bond motifs is 1. The third kappa shape index (κ3) is 5.46. The molecule has 0 unspecified atom stereocenters. The summed E-state index contributed by atoms with van der Waals surface area (Å²) >= 11 is 0. The molecule has 2 aromatic rings.